The molecule has 0 saturated carbocycles. The zero-order valence-corrected chi connectivity index (χ0v) is 8.25. The Morgan fingerprint density at radius 2 is 2.25 bits per heavy atom. The van der Waals surface area contributed by atoms with Gasteiger partial charge < -0.3 is 14.1 Å². The largest absolute Gasteiger partial charge is 0.474 e. The molecule has 7 heteroatoms. The summed E-state index contributed by atoms with van der Waals surface area (Å²) in [6.07, 6.45) is 1.57. The molecule has 16 heavy (non-hydrogen) atoms. The number of aromatic carboxylic acids is 1. The van der Waals surface area contributed by atoms with Gasteiger partial charge in [-0.1, -0.05) is 0 Å². The van der Waals surface area contributed by atoms with Gasteiger partial charge in [0.2, 0.25) is 0 Å². The summed E-state index contributed by atoms with van der Waals surface area (Å²) in [5, 5.41) is 15.4. The predicted octanol–water partition coefficient (Wildman–Crippen LogP) is 0.133. The monoisotopic (exact) mass is 221 g/mol. The van der Waals surface area contributed by atoms with E-state index < -0.39 is 11.9 Å². The van der Waals surface area contributed by atoms with Gasteiger partial charge in [-0.25, -0.2) is 4.79 Å². The van der Waals surface area contributed by atoms with Gasteiger partial charge in [-0.15, -0.1) is 10.2 Å². The molecular formula is C9H7N3O4. The molecule has 0 aliphatic heterocycles. The zero-order valence-electron chi connectivity index (χ0n) is 8.25. The van der Waals surface area contributed by atoms with Gasteiger partial charge in [0.05, 0.1) is 0 Å². The lowest BCUT2D eigenvalue weighted by Gasteiger charge is -1.97. The topological polar surface area (TPSA) is 98.2 Å². The molecule has 2 aromatic rings. The molecule has 1 N–H and O–H groups in total. The summed E-state index contributed by atoms with van der Waals surface area (Å²) < 4.78 is 6.17. The summed E-state index contributed by atoms with van der Waals surface area (Å²) in [7, 11) is 1.57. The van der Waals surface area contributed by atoms with Crippen LogP contribution < -0.4 is 5.56 Å². The molecule has 0 aliphatic rings. The summed E-state index contributed by atoms with van der Waals surface area (Å²) in [5.74, 6) is -1.97. The van der Waals surface area contributed by atoms with Crippen LogP contribution >= 0.6 is 0 Å². The molecule has 0 unspecified atom stereocenters. The average Bonchev–Trinajstić information content (AvgIpc) is 2.71. The van der Waals surface area contributed by atoms with Gasteiger partial charge in [-0.3, -0.25) is 4.79 Å². The second kappa shape index (κ2) is 3.61. The Morgan fingerprint density at radius 1 is 1.50 bits per heavy atom. The van der Waals surface area contributed by atoms with Crippen molar-refractivity contribution in [1.29, 1.82) is 0 Å². The molecule has 0 spiro atoms. The number of nitrogens with zero attached hydrogens (tertiary/aromatic N) is 3. The summed E-state index contributed by atoms with van der Waals surface area (Å²) in [5.41, 5.74) is -0.159. The smallest absolute Gasteiger partial charge is 0.393 e. The van der Waals surface area contributed by atoms with Crippen LogP contribution in [0.5, 0.6) is 0 Å². The van der Waals surface area contributed by atoms with Gasteiger partial charge in [0.15, 0.2) is 0 Å². The molecule has 0 radical (unpaired) electrons. The van der Waals surface area contributed by atoms with E-state index in [2.05, 4.69) is 10.2 Å². The SMILES string of the molecule is Cn1cccc(-c2nnc(C(=O)O)o2)c1=O. The average molecular weight is 221 g/mol. The first kappa shape index (κ1) is 10.1. The Balaban J connectivity index is 2.55. The normalized spacial score (nSPS) is 10.3. The van der Waals surface area contributed by atoms with Crippen molar-refractivity contribution in [2.24, 2.45) is 7.05 Å². The van der Waals surface area contributed by atoms with Crippen LogP contribution in [-0.2, 0) is 7.05 Å². The van der Waals surface area contributed by atoms with Gasteiger partial charge >= 0.3 is 11.9 Å². The first-order valence-electron chi connectivity index (χ1n) is 4.32. The van der Waals surface area contributed by atoms with E-state index in [4.69, 9.17) is 9.52 Å². The summed E-state index contributed by atoms with van der Waals surface area (Å²) in [6, 6.07) is 3.11. The predicted molar refractivity (Wildman–Crippen MR) is 51.9 cm³/mol. The molecule has 2 heterocycles. The van der Waals surface area contributed by atoms with E-state index >= 15 is 0 Å². The molecule has 0 fully saturated rings. The van der Waals surface area contributed by atoms with Crippen molar-refractivity contribution < 1.29 is 14.3 Å². The lowest BCUT2D eigenvalue weighted by molar-refractivity contribution is 0.0654. The van der Waals surface area contributed by atoms with Crippen molar-refractivity contribution in [1.82, 2.24) is 14.8 Å². The third kappa shape index (κ3) is 1.58. The molecule has 2 rings (SSSR count). The highest BCUT2D eigenvalue weighted by atomic mass is 16.4. The quantitative estimate of drug-likeness (QED) is 0.774. The fourth-order valence-corrected chi connectivity index (χ4v) is 1.18. The van der Waals surface area contributed by atoms with E-state index in [1.807, 2.05) is 0 Å². The van der Waals surface area contributed by atoms with Crippen LogP contribution in [0.15, 0.2) is 27.5 Å². The van der Waals surface area contributed by atoms with Crippen LogP contribution in [0, 0.1) is 0 Å². The molecule has 0 atom stereocenters. The van der Waals surface area contributed by atoms with Crippen LogP contribution in [-0.4, -0.2) is 25.8 Å². The van der Waals surface area contributed by atoms with Crippen molar-refractivity contribution in [3.63, 3.8) is 0 Å². The molecule has 7 nitrogen and oxygen atoms in total. The van der Waals surface area contributed by atoms with Crippen LogP contribution in [0.2, 0.25) is 0 Å². The maximum atomic E-state index is 11.6. The number of pyridine rings is 1. The Labute approximate surface area is 89.0 Å². The van der Waals surface area contributed by atoms with Crippen LogP contribution in [0.1, 0.15) is 10.7 Å². The van der Waals surface area contributed by atoms with Crippen molar-refractivity contribution in [3.8, 4) is 11.5 Å². The Hall–Kier alpha value is -2.44. The van der Waals surface area contributed by atoms with Gasteiger partial charge in [-0.05, 0) is 12.1 Å². The van der Waals surface area contributed by atoms with Crippen molar-refractivity contribution in [3.05, 3.63) is 34.6 Å². The fraction of sp³-hybridized carbons (Fsp3) is 0.111. The minimum Gasteiger partial charge on any atom is -0.474 e. The number of carboxylic acid groups (broad SMARTS) is 1. The van der Waals surface area contributed by atoms with E-state index in [-0.39, 0.29) is 17.0 Å². The molecule has 2 aromatic heterocycles. The molecule has 0 aliphatic carbocycles. The minimum atomic E-state index is -1.33. The Kier molecular flexibility index (Phi) is 2.28. The van der Waals surface area contributed by atoms with Crippen LogP contribution in [0.3, 0.4) is 0 Å². The Morgan fingerprint density at radius 3 is 2.88 bits per heavy atom. The van der Waals surface area contributed by atoms with Crippen molar-refractivity contribution in [2.75, 3.05) is 0 Å². The molecule has 0 saturated heterocycles. The maximum absolute atomic E-state index is 11.6. The van der Waals surface area contributed by atoms with E-state index in [1.165, 1.54) is 10.6 Å². The highest BCUT2D eigenvalue weighted by molar-refractivity contribution is 5.82. The lowest BCUT2D eigenvalue weighted by atomic mass is 10.3. The number of hydrogen-bond acceptors (Lipinski definition) is 5. The lowest BCUT2D eigenvalue weighted by Crippen LogP contribution is -2.17. The first-order chi connectivity index (χ1) is 7.59. The van der Waals surface area contributed by atoms with Crippen LogP contribution in [0.4, 0.5) is 0 Å². The number of carbonyl (C=O) groups is 1. The van der Waals surface area contributed by atoms with E-state index in [0.29, 0.717) is 0 Å². The van der Waals surface area contributed by atoms with Crippen molar-refractivity contribution >= 4 is 5.97 Å². The second-order valence-electron chi connectivity index (χ2n) is 3.06. The standard InChI is InChI=1S/C9H7N3O4/c1-12-4-2-3-5(8(12)13)6-10-11-7(16-6)9(14)15/h2-4H,1H3,(H,14,15). The maximum Gasteiger partial charge on any atom is 0.393 e. The first-order valence-corrected chi connectivity index (χ1v) is 4.32. The number of rotatable bonds is 2. The van der Waals surface area contributed by atoms with Crippen LogP contribution in [0.25, 0.3) is 11.5 Å². The third-order valence-electron chi connectivity index (χ3n) is 1.96. The summed E-state index contributed by atoms with van der Waals surface area (Å²) in [4.78, 5) is 22.2. The second-order valence-corrected chi connectivity index (χ2v) is 3.06. The van der Waals surface area contributed by atoms with Crippen molar-refractivity contribution in [2.45, 2.75) is 0 Å². The van der Waals surface area contributed by atoms with E-state index in [1.54, 1.807) is 19.3 Å². The van der Waals surface area contributed by atoms with Gasteiger partial charge in [0.25, 0.3) is 11.4 Å². The molecule has 0 aromatic carbocycles. The van der Waals surface area contributed by atoms with Gasteiger partial charge in [-0.2, -0.15) is 0 Å². The molecule has 0 bridgehead atoms. The molecular weight excluding hydrogens is 214 g/mol. The molecule has 82 valence electrons. The number of aromatic nitrogens is 3. The number of carboxylic acids is 1. The molecule has 0 amide bonds. The minimum absolute atomic E-state index is 0.0985. The van der Waals surface area contributed by atoms with E-state index in [0.717, 1.165) is 0 Å². The van der Waals surface area contributed by atoms with Gasteiger partial charge in [0, 0.05) is 13.2 Å². The Bertz CT molecular complexity index is 599. The van der Waals surface area contributed by atoms with Gasteiger partial charge in [0.1, 0.15) is 5.56 Å². The number of aryl methyl sites for hydroxylation is 1. The highest BCUT2D eigenvalue weighted by Gasteiger charge is 2.16. The fourth-order valence-electron chi connectivity index (χ4n) is 1.18. The zero-order chi connectivity index (χ0) is 11.7. The summed E-state index contributed by atoms with van der Waals surface area (Å²) in [6.45, 7) is 0. The number of hydrogen-bond donors (Lipinski definition) is 1. The third-order valence-corrected chi connectivity index (χ3v) is 1.96. The summed E-state index contributed by atoms with van der Waals surface area (Å²) >= 11 is 0. The van der Waals surface area contributed by atoms with E-state index in [9.17, 15) is 9.59 Å². The highest BCUT2D eigenvalue weighted by Crippen LogP contribution is 2.12.